The Hall–Kier alpha value is -2.13. The number of alkyl halides is 3. The summed E-state index contributed by atoms with van der Waals surface area (Å²) in [6.07, 6.45) is -2.74. The zero-order valence-corrected chi connectivity index (χ0v) is 12.2. The molecule has 0 saturated carbocycles. The highest BCUT2D eigenvalue weighted by Crippen LogP contribution is 2.31. The van der Waals surface area contributed by atoms with Gasteiger partial charge in [-0.05, 0) is 12.1 Å². The van der Waals surface area contributed by atoms with E-state index in [1.165, 1.54) is 18.4 Å². The number of pyridine rings is 1. The molecule has 2 rings (SSSR count). The second-order valence-corrected chi connectivity index (χ2v) is 5.18. The number of amides is 1. The zero-order valence-electron chi connectivity index (χ0n) is 11.4. The molecule has 0 aliphatic rings. The van der Waals surface area contributed by atoms with Gasteiger partial charge in [-0.1, -0.05) is 0 Å². The van der Waals surface area contributed by atoms with E-state index < -0.39 is 23.2 Å². The first-order chi connectivity index (χ1) is 10.4. The lowest BCUT2D eigenvalue weighted by Crippen LogP contribution is -2.37. The van der Waals surface area contributed by atoms with Crippen LogP contribution in [0.5, 0.6) is 5.75 Å². The van der Waals surface area contributed by atoms with E-state index in [-0.39, 0.29) is 6.54 Å². The van der Waals surface area contributed by atoms with E-state index in [2.05, 4.69) is 15.8 Å². The molecule has 0 atom stereocenters. The molecule has 1 amide bonds. The quantitative estimate of drug-likeness (QED) is 0.827. The van der Waals surface area contributed by atoms with Crippen LogP contribution in [0.15, 0.2) is 29.9 Å². The molecule has 2 heterocycles. The number of thiophene rings is 1. The number of hydrogen-bond acceptors (Lipinski definition) is 5. The molecule has 0 radical (unpaired) electrons. The summed E-state index contributed by atoms with van der Waals surface area (Å²) in [4.78, 5) is 16.2. The molecular formula is C13H12F3N3O2S. The Morgan fingerprint density at radius 3 is 2.86 bits per heavy atom. The Labute approximate surface area is 128 Å². The minimum atomic E-state index is -4.61. The standard InChI is InChI=1S/C13H12F3N3O2S/c1-21-8-4-9(22-7-8)5-18-19-12(20)10-6-17-3-2-11(10)13(14,15)16/h2-4,6-7,18H,5H2,1H3,(H,19,20). The lowest BCUT2D eigenvalue weighted by molar-refractivity contribution is -0.138. The van der Waals surface area contributed by atoms with Crippen molar-refractivity contribution in [2.75, 3.05) is 7.11 Å². The topological polar surface area (TPSA) is 63.2 Å². The summed E-state index contributed by atoms with van der Waals surface area (Å²) in [6.45, 7) is 0.265. The van der Waals surface area contributed by atoms with E-state index >= 15 is 0 Å². The maximum absolute atomic E-state index is 12.8. The number of hydrazine groups is 1. The Morgan fingerprint density at radius 2 is 2.23 bits per heavy atom. The Balaban J connectivity index is 1.98. The predicted molar refractivity (Wildman–Crippen MR) is 74.4 cm³/mol. The summed E-state index contributed by atoms with van der Waals surface area (Å²) in [5.41, 5.74) is 3.24. The smallest absolute Gasteiger partial charge is 0.417 e. The van der Waals surface area contributed by atoms with E-state index in [1.807, 2.05) is 0 Å². The molecule has 9 heteroatoms. The number of aromatic nitrogens is 1. The monoisotopic (exact) mass is 331 g/mol. The van der Waals surface area contributed by atoms with E-state index in [4.69, 9.17) is 4.74 Å². The summed E-state index contributed by atoms with van der Waals surface area (Å²) in [6, 6.07) is 2.52. The van der Waals surface area contributed by atoms with Gasteiger partial charge in [-0.3, -0.25) is 15.2 Å². The summed E-state index contributed by atoms with van der Waals surface area (Å²) >= 11 is 1.40. The molecule has 5 nitrogen and oxygen atoms in total. The van der Waals surface area contributed by atoms with Crippen molar-refractivity contribution < 1.29 is 22.7 Å². The Morgan fingerprint density at radius 1 is 1.45 bits per heavy atom. The third kappa shape index (κ3) is 3.95. The largest absolute Gasteiger partial charge is 0.496 e. The third-order valence-corrected chi connectivity index (χ3v) is 3.62. The maximum Gasteiger partial charge on any atom is 0.417 e. The fraction of sp³-hybridized carbons (Fsp3) is 0.231. The lowest BCUT2D eigenvalue weighted by Gasteiger charge is -2.12. The summed E-state index contributed by atoms with van der Waals surface area (Å²) in [5.74, 6) is -0.219. The number of nitrogens with one attached hydrogen (secondary N) is 2. The van der Waals surface area contributed by atoms with Crippen LogP contribution in [0.25, 0.3) is 0 Å². The van der Waals surface area contributed by atoms with Gasteiger partial charge in [0.25, 0.3) is 5.91 Å². The van der Waals surface area contributed by atoms with Gasteiger partial charge in [-0.2, -0.15) is 13.2 Å². The van der Waals surface area contributed by atoms with E-state index in [0.717, 1.165) is 23.3 Å². The van der Waals surface area contributed by atoms with Crippen molar-refractivity contribution in [3.63, 3.8) is 0 Å². The number of hydrogen-bond donors (Lipinski definition) is 2. The van der Waals surface area contributed by atoms with Crippen LogP contribution in [0.4, 0.5) is 13.2 Å². The Kier molecular flexibility index (Phi) is 4.99. The van der Waals surface area contributed by atoms with Gasteiger partial charge in [0.15, 0.2) is 0 Å². The van der Waals surface area contributed by atoms with E-state index in [1.54, 1.807) is 11.4 Å². The van der Waals surface area contributed by atoms with Crippen LogP contribution in [0.3, 0.4) is 0 Å². The van der Waals surface area contributed by atoms with Gasteiger partial charge in [0.1, 0.15) is 5.75 Å². The van der Waals surface area contributed by atoms with Gasteiger partial charge in [-0.25, -0.2) is 5.43 Å². The van der Waals surface area contributed by atoms with Crippen LogP contribution < -0.4 is 15.6 Å². The first-order valence-corrected chi connectivity index (χ1v) is 6.95. The van der Waals surface area contributed by atoms with Crippen molar-refractivity contribution in [1.29, 1.82) is 0 Å². The van der Waals surface area contributed by atoms with Crippen molar-refractivity contribution in [3.8, 4) is 5.75 Å². The molecule has 0 aliphatic carbocycles. The van der Waals surface area contributed by atoms with Crippen LogP contribution >= 0.6 is 11.3 Å². The predicted octanol–water partition coefficient (Wildman–Crippen LogP) is 2.61. The summed E-state index contributed by atoms with van der Waals surface area (Å²) in [5, 5.41) is 1.78. The molecule has 0 aliphatic heterocycles. The van der Waals surface area contributed by atoms with Gasteiger partial charge in [0.2, 0.25) is 0 Å². The fourth-order valence-electron chi connectivity index (χ4n) is 1.66. The molecule has 2 N–H and O–H groups in total. The average molecular weight is 331 g/mol. The number of carbonyl (C=O) groups excluding carboxylic acids is 1. The Bertz CT molecular complexity index is 658. The molecule has 0 saturated heterocycles. The number of nitrogens with zero attached hydrogens (tertiary/aromatic N) is 1. The number of rotatable bonds is 5. The van der Waals surface area contributed by atoms with Crippen molar-refractivity contribution >= 4 is 17.2 Å². The van der Waals surface area contributed by atoms with Crippen molar-refractivity contribution in [1.82, 2.24) is 15.8 Å². The van der Waals surface area contributed by atoms with Crippen LogP contribution in [-0.4, -0.2) is 18.0 Å². The van der Waals surface area contributed by atoms with Crippen molar-refractivity contribution in [3.05, 3.63) is 45.9 Å². The molecule has 0 fully saturated rings. The molecule has 0 unspecified atom stereocenters. The normalized spacial score (nSPS) is 11.3. The number of ether oxygens (including phenoxy) is 1. The molecular weight excluding hydrogens is 319 g/mol. The molecule has 0 aromatic carbocycles. The highest BCUT2D eigenvalue weighted by atomic mass is 32.1. The molecule has 0 spiro atoms. The number of halogens is 3. The van der Waals surface area contributed by atoms with Crippen LogP contribution in [0, 0.1) is 0 Å². The molecule has 118 valence electrons. The van der Waals surface area contributed by atoms with Gasteiger partial charge in [0.05, 0.1) is 18.2 Å². The summed E-state index contributed by atoms with van der Waals surface area (Å²) in [7, 11) is 1.53. The molecule has 0 bridgehead atoms. The van der Waals surface area contributed by atoms with E-state index in [0.29, 0.717) is 5.75 Å². The zero-order chi connectivity index (χ0) is 16.2. The SMILES string of the molecule is COc1csc(CNNC(=O)c2cnccc2C(F)(F)F)c1. The molecule has 22 heavy (non-hydrogen) atoms. The van der Waals surface area contributed by atoms with Gasteiger partial charge in [0, 0.05) is 29.2 Å². The average Bonchev–Trinajstić information content (AvgIpc) is 2.94. The first kappa shape index (κ1) is 16.2. The third-order valence-electron chi connectivity index (χ3n) is 2.70. The minimum absolute atomic E-state index is 0.265. The number of methoxy groups -OCH3 is 1. The second-order valence-electron chi connectivity index (χ2n) is 4.18. The fourth-order valence-corrected chi connectivity index (χ4v) is 2.43. The lowest BCUT2D eigenvalue weighted by atomic mass is 10.1. The van der Waals surface area contributed by atoms with Crippen LogP contribution in [-0.2, 0) is 12.7 Å². The minimum Gasteiger partial charge on any atom is -0.496 e. The van der Waals surface area contributed by atoms with Gasteiger partial charge in [-0.15, -0.1) is 11.3 Å². The van der Waals surface area contributed by atoms with Crippen molar-refractivity contribution in [2.45, 2.75) is 12.7 Å². The van der Waals surface area contributed by atoms with Gasteiger partial charge < -0.3 is 4.74 Å². The van der Waals surface area contributed by atoms with Crippen molar-refractivity contribution in [2.24, 2.45) is 0 Å². The second kappa shape index (κ2) is 6.75. The molecule has 2 aromatic heterocycles. The highest BCUT2D eigenvalue weighted by molar-refractivity contribution is 7.10. The maximum atomic E-state index is 12.8. The van der Waals surface area contributed by atoms with Gasteiger partial charge >= 0.3 is 6.18 Å². The first-order valence-electron chi connectivity index (χ1n) is 6.07. The van der Waals surface area contributed by atoms with Crippen LogP contribution in [0.2, 0.25) is 0 Å². The highest BCUT2D eigenvalue weighted by Gasteiger charge is 2.35. The number of carbonyl (C=O) groups is 1. The summed E-state index contributed by atoms with van der Waals surface area (Å²) < 4.78 is 43.4. The van der Waals surface area contributed by atoms with Crippen LogP contribution in [0.1, 0.15) is 20.8 Å². The molecule has 2 aromatic rings. The van der Waals surface area contributed by atoms with E-state index in [9.17, 15) is 18.0 Å².